The molecule has 1 fully saturated rings. The lowest BCUT2D eigenvalue weighted by Gasteiger charge is -2.03. The average molecular weight is 228 g/mol. The van der Waals surface area contributed by atoms with Gasteiger partial charge in [-0.2, -0.15) is 11.8 Å². The predicted octanol–water partition coefficient (Wildman–Crippen LogP) is 2.16. The smallest absolute Gasteiger partial charge is 0.0931 e. The highest BCUT2D eigenvalue weighted by molar-refractivity contribution is 7.99. The molecule has 2 nitrogen and oxygen atoms in total. The normalized spacial score (nSPS) is 21.6. The van der Waals surface area contributed by atoms with Crippen LogP contribution in [0.15, 0.2) is 6.20 Å². The summed E-state index contributed by atoms with van der Waals surface area (Å²) in [5, 5.41) is 4.48. The van der Waals surface area contributed by atoms with Crippen LogP contribution < -0.4 is 5.32 Å². The third-order valence-electron chi connectivity index (χ3n) is 2.44. The van der Waals surface area contributed by atoms with Gasteiger partial charge in [0.2, 0.25) is 0 Å². The van der Waals surface area contributed by atoms with Crippen molar-refractivity contribution >= 4 is 23.1 Å². The molecule has 1 atom stereocenters. The third-order valence-corrected chi connectivity index (χ3v) is 4.69. The van der Waals surface area contributed by atoms with Gasteiger partial charge in [-0.3, -0.25) is 0 Å². The van der Waals surface area contributed by atoms with E-state index in [1.54, 1.807) is 0 Å². The number of hydrogen-bond donors (Lipinski definition) is 1. The molecule has 0 aliphatic carbocycles. The monoisotopic (exact) mass is 228 g/mol. The first-order valence-electron chi connectivity index (χ1n) is 5.04. The highest BCUT2D eigenvalue weighted by atomic mass is 32.2. The van der Waals surface area contributed by atoms with E-state index >= 15 is 0 Å². The largest absolute Gasteiger partial charge is 0.315 e. The van der Waals surface area contributed by atoms with E-state index in [2.05, 4.69) is 22.1 Å². The minimum atomic E-state index is 0.883. The molecule has 2 heterocycles. The van der Waals surface area contributed by atoms with Gasteiger partial charge in [-0.1, -0.05) is 0 Å². The van der Waals surface area contributed by atoms with Crippen LogP contribution in [0.5, 0.6) is 0 Å². The maximum Gasteiger partial charge on any atom is 0.0931 e. The predicted molar refractivity (Wildman–Crippen MR) is 64.0 cm³/mol. The molecule has 14 heavy (non-hydrogen) atoms. The lowest BCUT2D eigenvalue weighted by Crippen LogP contribution is -2.02. The summed E-state index contributed by atoms with van der Waals surface area (Å²) in [4.78, 5) is 5.82. The van der Waals surface area contributed by atoms with Gasteiger partial charge in [0, 0.05) is 24.0 Å². The van der Waals surface area contributed by atoms with Gasteiger partial charge < -0.3 is 5.32 Å². The van der Waals surface area contributed by atoms with Crippen LogP contribution in [0.4, 0.5) is 0 Å². The van der Waals surface area contributed by atoms with Crippen molar-refractivity contribution in [2.75, 3.05) is 18.6 Å². The minimum absolute atomic E-state index is 0.883. The number of nitrogens with one attached hydrogen (secondary N) is 1. The van der Waals surface area contributed by atoms with Crippen molar-refractivity contribution in [1.82, 2.24) is 10.3 Å². The molecule has 0 spiro atoms. The van der Waals surface area contributed by atoms with Crippen molar-refractivity contribution in [1.29, 1.82) is 0 Å². The Labute approximate surface area is 93.5 Å². The molecule has 1 aromatic heterocycles. The van der Waals surface area contributed by atoms with Gasteiger partial charge >= 0.3 is 0 Å². The zero-order valence-electron chi connectivity index (χ0n) is 8.45. The minimum Gasteiger partial charge on any atom is -0.315 e. The van der Waals surface area contributed by atoms with Crippen LogP contribution in [-0.2, 0) is 13.0 Å². The Kier molecular flexibility index (Phi) is 3.84. The summed E-state index contributed by atoms with van der Waals surface area (Å²) in [6.07, 6.45) is 4.59. The van der Waals surface area contributed by atoms with Gasteiger partial charge in [0.05, 0.1) is 5.01 Å². The van der Waals surface area contributed by atoms with Crippen molar-refractivity contribution in [3.8, 4) is 0 Å². The summed E-state index contributed by atoms with van der Waals surface area (Å²) in [6.45, 7) is 0.955. The van der Waals surface area contributed by atoms with Crippen molar-refractivity contribution < 1.29 is 0 Å². The summed E-state index contributed by atoms with van der Waals surface area (Å²) in [6, 6.07) is 0. The van der Waals surface area contributed by atoms with Crippen LogP contribution in [0.1, 0.15) is 16.3 Å². The van der Waals surface area contributed by atoms with Crippen molar-refractivity contribution in [3.63, 3.8) is 0 Å². The molecule has 1 aliphatic heterocycles. The molecule has 0 aromatic carbocycles. The van der Waals surface area contributed by atoms with E-state index in [4.69, 9.17) is 0 Å². The number of aromatic nitrogens is 1. The standard InChI is InChI=1S/C10H16N2S2/c1-11-5-9-6-12-10(14-9)4-8-2-3-13-7-8/h6,8,11H,2-5,7H2,1H3. The van der Waals surface area contributed by atoms with E-state index in [1.807, 2.05) is 24.6 Å². The molecular formula is C10H16N2S2. The first-order valence-corrected chi connectivity index (χ1v) is 7.01. The zero-order valence-corrected chi connectivity index (χ0v) is 10.1. The van der Waals surface area contributed by atoms with Crippen LogP contribution >= 0.6 is 23.1 Å². The molecule has 1 N–H and O–H groups in total. The van der Waals surface area contributed by atoms with E-state index in [0.717, 1.165) is 12.5 Å². The fourth-order valence-electron chi connectivity index (χ4n) is 1.69. The molecule has 1 aliphatic rings. The Hall–Kier alpha value is -0.0600. The molecule has 0 radical (unpaired) electrons. The maximum atomic E-state index is 4.47. The lowest BCUT2D eigenvalue weighted by atomic mass is 10.1. The zero-order chi connectivity index (χ0) is 9.80. The highest BCUT2D eigenvalue weighted by Gasteiger charge is 2.17. The first-order chi connectivity index (χ1) is 6.88. The second-order valence-corrected chi connectivity index (χ2v) is 6.03. The molecule has 0 amide bonds. The van der Waals surface area contributed by atoms with E-state index in [1.165, 1.54) is 34.2 Å². The Bertz CT molecular complexity index is 279. The molecule has 1 unspecified atom stereocenters. The van der Waals surface area contributed by atoms with Gasteiger partial charge in [0.15, 0.2) is 0 Å². The fourth-order valence-corrected chi connectivity index (χ4v) is 4.02. The number of thiazole rings is 1. The van der Waals surface area contributed by atoms with Crippen LogP contribution in [0.2, 0.25) is 0 Å². The van der Waals surface area contributed by atoms with E-state index in [9.17, 15) is 0 Å². The molecule has 4 heteroatoms. The van der Waals surface area contributed by atoms with E-state index in [-0.39, 0.29) is 0 Å². The fraction of sp³-hybridized carbons (Fsp3) is 0.700. The second kappa shape index (κ2) is 5.14. The van der Waals surface area contributed by atoms with Crippen LogP contribution in [0.3, 0.4) is 0 Å². The Morgan fingerprint density at radius 1 is 1.64 bits per heavy atom. The first kappa shape index (κ1) is 10.5. The van der Waals surface area contributed by atoms with Crippen LogP contribution in [0, 0.1) is 5.92 Å². The molecule has 1 saturated heterocycles. The third kappa shape index (κ3) is 2.72. The molecule has 2 rings (SSSR count). The molecule has 0 saturated carbocycles. The second-order valence-electron chi connectivity index (χ2n) is 3.68. The summed E-state index contributed by atoms with van der Waals surface area (Å²) in [7, 11) is 1.98. The molecule has 0 bridgehead atoms. The van der Waals surface area contributed by atoms with Crippen molar-refractivity contribution in [3.05, 3.63) is 16.1 Å². The summed E-state index contributed by atoms with van der Waals surface area (Å²) in [5.41, 5.74) is 0. The van der Waals surface area contributed by atoms with Crippen LogP contribution in [-0.4, -0.2) is 23.5 Å². The Morgan fingerprint density at radius 3 is 3.29 bits per heavy atom. The number of hydrogen-bond acceptors (Lipinski definition) is 4. The highest BCUT2D eigenvalue weighted by Crippen LogP contribution is 2.27. The maximum absolute atomic E-state index is 4.47. The van der Waals surface area contributed by atoms with Gasteiger partial charge in [0.25, 0.3) is 0 Å². The van der Waals surface area contributed by atoms with Crippen LogP contribution in [0.25, 0.3) is 0 Å². The molecular weight excluding hydrogens is 212 g/mol. The average Bonchev–Trinajstić information content (AvgIpc) is 2.79. The number of rotatable bonds is 4. The quantitative estimate of drug-likeness (QED) is 0.855. The summed E-state index contributed by atoms with van der Waals surface area (Å²) < 4.78 is 0. The lowest BCUT2D eigenvalue weighted by molar-refractivity contribution is 0.594. The van der Waals surface area contributed by atoms with Gasteiger partial charge in [-0.15, -0.1) is 11.3 Å². The van der Waals surface area contributed by atoms with E-state index in [0.29, 0.717) is 0 Å². The SMILES string of the molecule is CNCc1cnc(CC2CCSC2)s1. The number of thioether (sulfide) groups is 1. The molecule has 1 aromatic rings. The Balaban J connectivity index is 1.88. The van der Waals surface area contributed by atoms with Crippen molar-refractivity contribution in [2.24, 2.45) is 5.92 Å². The number of nitrogens with zero attached hydrogens (tertiary/aromatic N) is 1. The summed E-state index contributed by atoms with van der Waals surface area (Å²) >= 11 is 3.94. The van der Waals surface area contributed by atoms with Gasteiger partial charge in [0.1, 0.15) is 0 Å². The molecule has 78 valence electrons. The summed E-state index contributed by atoms with van der Waals surface area (Å²) in [5.74, 6) is 3.56. The van der Waals surface area contributed by atoms with E-state index < -0.39 is 0 Å². The van der Waals surface area contributed by atoms with Gasteiger partial charge in [-0.05, 0) is 30.9 Å². The topological polar surface area (TPSA) is 24.9 Å². The Morgan fingerprint density at radius 2 is 2.57 bits per heavy atom. The van der Waals surface area contributed by atoms with Crippen molar-refractivity contribution in [2.45, 2.75) is 19.4 Å². The van der Waals surface area contributed by atoms with Gasteiger partial charge in [-0.25, -0.2) is 4.98 Å².